The Balaban J connectivity index is 1.98. The minimum absolute atomic E-state index is 0.777. The topological polar surface area (TPSA) is 21.3 Å². The first-order valence-electron chi connectivity index (χ1n) is 6.66. The molecule has 2 heteroatoms. The second-order valence-corrected chi connectivity index (χ2v) is 5.10. The van der Waals surface area contributed by atoms with E-state index in [0.29, 0.717) is 0 Å². The van der Waals surface area contributed by atoms with Gasteiger partial charge in [0.1, 0.15) is 5.75 Å². The van der Waals surface area contributed by atoms with Crippen LogP contribution in [0.3, 0.4) is 0 Å². The number of nitrogens with one attached hydrogen (secondary N) is 1. The van der Waals surface area contributed by atoms with Gasteiger partial charge in [-0.3, -0.25) is 0 Å². The van der Waals surface area contributed by atoms with Gasteiger partial charge in [0.25, 0.3) is 0 Å². The van der Waals surface area contributed by atoms with Gasteiger partial charge in [0.15, 0.2) is 0 Å². The lowest BCUT2D eigenvalue weighted by Gasteiger charge is -2.15. The first-order chi connectivity index (χ1) is 8.29. The maximum Gasteiger partial charge on any atom is 0.123 e. The van der Waals surface area contributed by atoms with Crippen molar-refractivity contribution in [2.24, 2.45) is 5.92 Å². The van der Waals surface area contributed by atoms with Crippen LogP contribution in [-0.4, -0.2) is 13.7 Å². The smallest absolute Gasteiger partial charge is 0.123 e. The van der Waals surface area contributed by atoms with Crippen LogP contribution in [0.2, 0.25) is 0 Å². The Kier molecular flexibility index (Phi) is 4.43. The minimum Gasteiger partial charge on any atom is -0.493 e. The van der Waals surface area contributed by atoms with E-state index in [1.807, 2.05) is 7.05 Å². The van der Waals surface area contributed by atoms with E-state index < -0.39 is 0 Å². The van der Waals surface area contributed by atoms with E-state index >= 15 is 0 Å². The molecule has 0 atom stereocenters. The molecule has 2 nitrogen and oxygen atoms in total. The first-order valence-corrected chi connectivity index (χ1v) is 6.66. The van der Waals surface area contributed by atoms with Crippen LogP contribution in [0.1, 0.15) is 36.8 Å². The summed E-state index contributed by atoms with van der Waals surface area (Å²) in [6, 6.07) is 6.45. The molecule has 2 rings (SSSR count). The second-order valence-electron chi connectivity index (χ2n) is 5.10. The number of hydrogen-bond acceptors (Lipinski definition) is 2. The molecule has 0 radical (unpaired) electrons. The zero-order valence-electron chi connectivity index (χ0n) is 11.0. The van der Waals surface area contributed by atoms with Crippen molar-refractivity contribution in [1.82, 2.24) is 5.32 Å². The van der Waals surface area contributed by atoms with E-state index in [2.05, 4.69) is 30.4 Å². The highest BCUT2D eigenvalue weighted by atomic mass is 16.5. The van der Waals surface area contributed by atoms with Gasteiger partial charge in [-0.1, -0.05) is 30.5 Å². The second kappa shape index (κ2) is 6.06. The van der Waals surface area contributed by atoms with Gasteiger partial charge in [-0.2, -0.15) is 0 Å². The molecular weight excluding hydrogens is 210 g/mol. The molecule has 1 N–H and O–H groups in total. The summed E-state index contributed by atoms with van der Waals surface area (Å²) < 4.78 is 5.99. The lowest BCUT2D eigenvalue weighted by molar-refractivity contribution is 0.249. The largest absolute Gasteiger partial charge is 0.493 e. The van der Waals surface area contributed by atoms with Crippen LogP contribution in [-0.2, 0) is 6.54 Å². The monoisotopic (exact) mass is 233 g/mol. The summed E-state index contributed by atoms with van der Waals surface area (Å²) in [6.07, 6.45) is 5.44. The molecule has 0 bridgehead atoms. The van der Waals surface area contributed by atoms with Gasteiger partial charge in [0.2, 0.25) is 0 Å². The molecule has 0 aromatic heterocycles. The van der Waals surface area contributed by atoms with Crippen molar-refractivity contribution in [3.8, 4) is 5.75 Å². The fourth-order valence-electron chi connectivity index (χ4n) is 2.56. The standard InChI is InChI=1S/C15H23NO/c1-12-7-8-15(14(9-12)10-16-2)17-11-13-5-3-4-6-13/h7-9,13,16H,3-6,10-11H2,1-2H3. The third-order valence-corrected chi connectivity index (χ3v) is 3.53. The molecule has 0 saturated heterocycles. The third kappa shape index (κ3) is 3.47. The zero-order chi connectivity index (χ0) is 12.1. The Bertz CT molecular complexity index is 356. The quantitative estimate of drug-likeness (QED) is 0.842. The number of rotatable bonds is 5. The van der Waals surface area contributed by atoms with Crippen molar-refractivity contribution >= 4 is 0 Å². The Morgan fingerprint density at radius 3 is 2.76 bits per heavy atom. The number of aryl methyl sites for hydroxylation is 1. The molecule has 1 aromatic rings. The summed E-state index contributed by atoms with van der Waals surface area (Å²) in [5, 5.41) is 3.20. The van der Waals surface area contributed by atoms with Gasteiger partial charge in [-0.15, -0.1) is 0 Å². The average molecular weight is 233 g/mol. The Morgan fingerprint density at radius 1 is 1.29 bits per heavy atom. The van der Waals surface area contributed by atoms with Gasteiger partial charge >= 0.3 is 0 Å². The fourth-order valence-corrected chi connectivity index (χ4v) is 2.56. The van der Waals surface area contributed by atoms with Crippen LogP contribution in [0.15, 0.2) is 18.2 Å². The van der Waals surface area contributed by atoms with E-state index in [4.69, 9.17) is 4.74 Å². The minimum atomic E-state index is 0.777. The van der Waals surface area contributed by atoms with Crippen molar-refractivity contribution in [2.45, 2.75) is 39.2 Å². The van der Waals surface area contributed by atoms with Gasteiger partial charge < -0.3 is 10.1 Å². The molecule has 0 aliphatic heterocycles. The van der Waals surface area contributed by atoms with Crippen LogP contribution >= 0.6 is 0 Å². The molecule has 17 heavy (non-hydrogen) atoms. The average Bonchev–Trinajstić information content (AvgIpc) is 2.81. The van der Waals surface area contributed by atoms with Crippen molar-refractivity contribution in [3.05, 3.63) is 29.3 Å². The number of benzene rings is 1. The van der Waals surface area contributed by atoms with Crippen molar-refractivity contribution in [1.29, 1.82) is 0 Å². The van der Waals surface area contributed by atoms with Gasteiger partial charge in [0, 0.05) is 12.1 Å². The van der Waals surface area contributed by atoms with E-state index in [1.54, 1.807) is 0 Å². The first kappa shape index (κ1) is 12.4. The summed E-state index contributed by atoms with van der Waals surface area (Å²) in [5.74, 6) is 1.83. The highest BCUT2D eigenvalue weighted by Crippen LogP contribution is 2.27. The van der Waals surface area contributed by atoms with Gasteiger partial charge in [0.05, 0.1) is 6.61 Å². The summed E-state index contributed by atoms with van der Waals surface area (Å²) in [6.45, 7) is 3.89. The molecule has 1 aromatic carbocycles. The summed E-state index contributed by atoms with van der Waals surface area (Å²) in [5.41, 5.74) is 2.56. The summed E-state index contributed by atoms with van der Waals surface area (Å²) >= 11 is 0. The normalized spacial score (nSPS) is 16.4. The molecule has 1 aliphatic rings. The highest BCUT2D eigenvalue weighted by molar-refractivity contribution is 5.36. The lowest BCUT2D eigenvalue weighted by atomic mass is 10.1. The molecule has 0 heterocycles. The van der Waals surface area contributed by atoms with E-state index in [9.17, 15) is 0 Å². The SMILES string of the molecule is CNCc1cc(C)ccc1OCC1CCCC1. The molecule has 0 spiro atoms. The van der Waals surface area contributed by atoms with Crippen LogP contribution < -0.4 is 10.1 Å². The van der Waals surface area contributed by atoms with Crippen molar-refractivity contribution < 1.29 is 4.74 Å². The molecule has 1 fully saturated rings. The predicted molar refractivity (Wildman–Crippen MR) is 71.4 cm³/mol. The van der Waals surface area contributed by atoms with Gasteiger partial charge in [-0.05, 0) is 38.8 Å². The lowest BCUT2D eigenvalue weighted by Crippen LogP contribution is -2.12. The Morgan fingerprint density at radius 2 is 2.06 bits per heavy atom. The molecule has 0 amide bonds. The summed E-state index contributed by atoms with van der Waals surface area (Å²) in [7, 11) is 1.98. The van der Waals surface area contributed by atoms with Crippen molar-refractivity contribution in [2.75, 3.05) is 13.7 Å². The number of hydrogen-bond donors (Lipinski definition) is 1. The molecule has 1 saturated carbocycles. The van der Waals surface area contributed by atoms with Crippen LogP contribution in [0.25, 0.3) is 0 Å². The number of ether oxygens (including phenoxy) is 1. The highest BCUT2D eigenvalue weighted by Gasteiger charge is 2.16. The van der Waals surface area contributed by atoms with Crippen molar-refractivity contribution in [3.63, 3.8) is 0 Å². The predicted octanol–water partition coefficient (Wildman–Crippen LogP) is 3.28. The molecule has 0 unspecified atom stereocenters. The summed E-state index contributed by atoms with van der Waals surface area (Å²) in [4.78, 5) is 0. The third-order valence-electron chi connectivity index (χ3n) is 3.53. The maximum absolute atomic E-state index is 5.99. The van der Waals surface area contributed by atoms with Crippen LogP contribution in [0.4, 0.5) is 0 Å². The van der Waals surface area contributed by atoms with Gasteiger partial charge in [-0.25, -0.2) is 0 Å². The maximum atomic E-state index is 5.99. The van der Waals surface area contributed by atoms with E-state index in [-0.39, 0.29) is 0 Å². The van der Waals surface area contributed by atoms with Crippen LogP contribution in [0, 0.1) is 12.8 Å². The zero-order valence-corrected chi connectivity index (χ0v) is 11.0. The van der Waals surface area contributed by atoms with Crippen LogP contribution in [0.5, 0.6) is 5.75 Å². The Hall–Kier alpha value is -1.02. The molecule has 94 valence electrons. The van der Waals surface area contributed by atoms with E-state index in [0.717, 1.165) is 24.8 Å². The molecule has 1 aliphatic carbocycles. The Labute approximate surface area is 104 Å². The molecular formula is C15H23NO. The fraction of sp³-hybridized carbons (Fsp3) is 0.600. The van der Waals surface area contributed by atoms with E-state index in [1.165, 1.54) is 36.8 Å².